The lowest BCUT2D eigenvalue weighted by Gasteiger charge is -2.40. The van der Waals surface area contributed by atoms with E-state index in [9.17, 15) is 4.79 Å². The summed E-state index contributed by atoms with van der Waals surface area (Å²) in [6.45, 7) is 11.1. The Labute approximate surface area is 133 Å². The molecule has 1 aliphatic heterocycles. The summed E-state index contributed by atoms with van der Waals surface area (Å²) < 4.78 is 0. The van der Waals surface area contributed by atoms with Gasteiger partial charge in [0.2, 0.25) is 5.91 Å². The van der Waals surface area contributed by atoms with Gasteiger partial charge in [-0.15, -0.1) is 0 Å². The molecule has 2 aliphatic carbocycles. The predicted octanol–water partition coefficient (Wildman–Crippen LogP) is 4.35. The van der Waals surface area contributed by atoms with Gasteiger partial charge in [0.15, 0.2) is 0 Å². The lowest BCUT2D eigenvalue weighted by molar-refractivity contribution is -0.126. The summed E-state index contributed by atoms with van der Waals surface area (Å²) in [5.41, 5.74) is 3.40. The van der Waals surface area contributed by atoms with Crippen LogP contribution >= 0.6 is 0 Å². The Hall–Kier alpha value is -1.57. The first-order valence-electron chi connectivity index (χ1n) is 8.49. The molecule has 0 saturated heterocycles. The van der Waals surface area contributed by atoms with E-state index in [-0.39, 0.29) is 16.9 Å². The highest BCUT2D eigenvalue weighted by Gasteiger charge is 2.62. The summed E-state index contributed by atoms with van der Waals surface area (Å²) in [4.78, 5) is 15.6. The van der Waals surface area contributed by atoms with Crippen molar-refractivity contribution in [3.05, 3.63) is 42.0 Å². The fourth-order valence-corrected chi connectivity index (χ4v) is 5.23. The molecule has 2 nitrogen and oxygen atoms in total. The van der Waals surface area contributed by atoms with Crippen molar-refractivity contribution in [2.24, 2.45) is 16.7 Å². The fourth-order valence-electron chi connectivity index (χ4n) is 5.23. The molecule has 1 amide bonds. The van der Waals surface area contributed by atoms with Crippen LogP contribution in [0.1, 0.15) is 45.6 Å². The molecular weight excluding hydrogens is 270 g/mol. The van der Waals surface area contributed by atoms with Gasteiger partial charge in [-0.2, -0.15) is 0 Å². The molecule has 2 saturated carbocycles. The second-order valence-corrected chi connectivity index (χ2v) is 8.08. The fraction of sp³-hybridized carbons (Fsp3) is 0.550. The van der Waals surface area contributed by atoms with Crippen LogP contribution in [-0.4, -0.2) is 11.9 Å². The third-order valence-corrected chi connectivity index (χ3v) is 6.73. The Morgan fingerprint density at radius 3 is 2.73 bits per heavy atom. The molecule has 2 bridgehead atoms. The quantitative estimate of drug-likeness (QED) is 0.705. The zero-order chi connectivity index (χ0) is 15.7. The van der Waals surface area contributed by atoms with E-state index in [0.717, 1.165) is 24.9 Å². The van der Waals surface area contributed by atoms with Crippen LogP contribution in [-0.2, 0) is 11.2 Å². The van der Waals surface area contributed by atoms with E-state index < -0.39 is 0 Å². The van der Waals surface area contributed by atoms with Gasteiger partial charge < -0.3 is 4.90 Å². The predicted molar refractivity (Wildman–Crippen MR) is 89.8 cm³/mol. The molecule has 1 heterocycles. The molecule has 0 aromatic heterocycles. The van der Waals surface area contributed by atoms with Gasteiger partial charge in [0, 0.05) is 11.7 Å². The molecule has 22 heavy (non-hydrogen) atoms. The lowest BCUT2D eigenvalue weighted by atomic mass is 9.68. The van der Waals surface area contributed by atoms with Crippen LogP contribution in [0.4, 0.5) is 5.69 Å². The van der Waals surface area contributed by atoms with Crippen LogP contribution in [0.2, 0.25) is 0 Å². The Balaban J connectivity index is 1.76. The number of carbonyl (C=O) groups excluding carboxylic acids is 1. The first-order valence-corrected chi connectivity index (χ1v) is 8.49. The number of carbonyl (C=O) groups is 1. The Morgan fingerprint density at radius 1 is 1.32 bits per heavy atom. The first-order chi connectivity index (χ1) is 10.4. The van der Waals surface area contributed by atoms with Gasteiger partial charge in [-0.1, -0.05) is 44.2 Å². The molecular formula is C20H25NO. The van der Waals surface area contributed by atoms with Gasteiger partial charge in [0.1, 0.15) is 0 Å². The molecule has 3 unspecified atom stereocenters. The van der Waals surface area contributed by atoms with Crippen molar-refractivity contribution in [1.82, 2.24) is 0 Å². The highest BCUT2D eigenvalue weighted by Crippen LogP contribution is 2.66. The van der Waals surface area contributed by atoms with E-state index in [1.807, 2.05) is 6.07 Å². The zero-order valence-electron chi connectivity index (χ0n) is 13.9. The summed E-state index contributed by atoms with van der Waals surface area (Å²) in [5, 5.41) is 0. The molecule has 0 N–H and O–H groups in total. The second kappa shape index (κ2) is 4.24. The number of hydrogen-bond acceptors (Lipinski definition) is 1. The van der Waals surface area contributed by atoms with Crippen molar-refractivity contribution in [3.63, 3.8) is 0 Å². The van der Waals surface area contributed by atoms with E-state index in [2.05, 4.69) is 50.4 Å². The van der Waals surface area contributed by atoms with Crippen molar-refractivity contribution < 1.29 is 4.79 Å². The Kier molecular flexibility index (Phi) is 2.71. The van der Waals surface area contributed by atoms with Gasteiger partial charge in [-0.3, -0.25) is 4.79 Å². The number of benzene rings is 1. The average molecular weight is 295 g/mol. The second-order valence-electron chi connectivity index (χ2n) is 8.08. The van der Waals surface area contributed by atoms with Crippen LogP contribution in [0.15, 0.2) is 36.4 Å². The van der Waals surface area contributed by atoms with Crippen molar-refractivity contribution >= 4 is 11.6 Å². The van der Waals surface area contributed by atoms with E-state index >= 15 is 0 Å². The maximum Gasteiger partial charge on any atom is 0.237 e. The zero-order valence-corrected chi connectivity index (χ0v) is 13.9. The normalized spacial score (nSPS) is 35.0. The highest BCUT2D eigenvalue weighted by molar-refractivity contribution is 6.02. The highest BCUT2D eigenvalue weighted by atomic mass is 16.2. The monoisotopic (exact) mass is 295 g/mol. The summed E-state index contributed by atoms with van der Waals surface area (Å²) in [5.74, 6) is 0.931. The van der Waals surface area contributed by atoms with Gasteiger partial charge in [-0.25, -0.2) is 0 Å². The number of para-hydroxylation sites is 1. The van der Waals surface area contributed by atoms with Crippen LogP contribution in [0.5, 0.6) is 0 Å². The topological polar surface area (TPSA) is 20.3 Å². The van der Waals surface area contributed by atoms with Gasteiger partial charge in [0.25, 0.3) is 0 Å². The third kappa shape index (κ3) is 1.53. The molecule has 1 aromatic rings. The summed E-state index contributed by atoms with van der Waals surface area (Å²) in [6.07, 6.45) is 4.13. The summed E-state index contributed by atoms with van der Waals surface area (Å²) >= 11 is 0. The van der Waals surface area contributed by atoms with E-state index in [0.29, 0.717) is 11.8 Å². The van der Waals surface area contributed by atoms with E-state index in [1.165, 1.54) is 17.6 Å². The smallest absolute Gasteiger partial charge is 0.237 e. The van der Waals surface area contributed by atoms with Crippen molar-refractivity contribution in [2.45, 2.75) is 52.5 Å². The lowest BCUT2D eigenvalue weighted by Crippen LogP contribution is -2.46. The number of anilines is 1. The SMILES string of the molecule is C=C1C2(C(=O)N3c4ccccc4CC3C)CCC(C2)C1(C)C. The summed E-state index contributed by atoms with van der Waals surface area (Å²) in [7, 11) is 0. The number of fused-ring (bicyclic) bond motifs is 3. The number of nitrogens with zero attached hydrogens (tertiary/aromatic N) is 1. The average Bonchev–Trinajstić information content (AvgIpc) is 3.11. The van der Waals surface area contributed by atoms with Crippen LogP contribution in [0.25, 0.3) is 0 Å². The van der Waals surface area contributed by atoms with E-state index in [4.69, 9.17) is 0 Å². The minimum absolute atomic E-state index is 0.108. The molecule has 2 heteroatoms. The van der Waals surface area contributed by atoms with Crippen LogP contribution < -0.4 is 4.90 Å². The Morgan fingerprint density at radius 2 is 2.05 bits per heavy atom. The van der Waals surface area contributed by atoms with Gasteiger partial charge >= 0.3 is 0 Å². The molecule has 4 rings (SSSR count). The van der Waals surface area contributed by atoms with Crippen LogP contribution in [0, 0.1) is 16.7 Å². The number of hydrogen-bond donors (Lipinski definition) is 0. The standard InChI is InChI=1S/C20H25NO/c1-13-11-15-7-5-6-8-17(15)21(13)18(22)20-10-9-16(12-20)19(3,4)14(20)2/h5-8,13,16H,2,9-12H2,1,3-4H3. The van der Waals surface area contributed by atoms with Gasteiger partial charge in [0.05, 0.1) is 5.41 Å². The minimum atomic E-state index is -0.306. The maximum atomic E-state index is 13.6. The van der Waals surface area contributed by atoms with Crippen LogP contribution in [0.3, 0.4) is 0 Å². The largest absolute Gasteiger partial charge is 0.308 e. The molecule has 0 radical (unpaired) electrons. The van der Waals surface area contributed by atoms with Crippen molar-refractivity contribution in [3.8, 4) is 0 Å². The molecule has 3 aliphatic rings. The molecule has 0 spiro atoms. The summed E-state index contributed by atoms with van der Waals surface area (Å²) in [6, 6.07) is 8.63. The third-order valence-electron chi connectivity index (χ3n) is 6.73. The molecule has 116 valence electrons. The van der Waals surface area contributed by atoms with Crippen molar-refractivity contribution in [1.29, 1.82) is 0 Å². The Bertz CT molecular complexity index is 674. The molecule has 3 atom stereocenters. The van der Waals surface area contributed by atoms with E-state index in [1.54, 1.807) is 0 Å². The molecule has 1 aromatic carbocycles. The minimum Gasteiger partial charge on any atom is -0.308 e. The van der Waals surface area contributed by atoms with Gasteiger partial charge in [-0.05, 0) is 55.6 Å². The first kappa shape index (κ1) is 14.0. The maximum absolute atomic E-state index is 13.6. The number of amides is 1. The van der Waals surface area contributed by atoms with Crippen molar-refractivity contribution in [2.75, 3.05) is 4.90 Å². The molecule has 2 fully saturated rings. The number of rotatable bonds is 1.